The van der Waals surface area contributed by atoms with E-state index in [1.807, 2.05) is 0 Å². The number of anilines is 6. The Hall–Kier alpha value is -14.0. The molecular formula is C110H83BN4. The largest absolute Gasteiger partial charge is 0.310 e. The molecule has 0 saturated carbocycles. The van der Waals surface area contributed by atoms with Crippen LogP contribution in [0.1, 0.15) is 52.7 Å². The molecule has 0 aliphatic carbocycles. The molecule has 2 aliphatic heterocycles. The van der Waals surface area contributed by atoms with Crippen molar-refractivity contribution in [3.63, 3.8) is 0 Å². The Labute approximate surface area is 673 Å². The highest BCUT2D eigenvalue weighted by atomic mass is 15.2. The van der Waals surface area contributed by atoms with Crippen molar-refractivity contribution in [2.24, 2.45) is 0 Å². The molecule has 2 aliphatic rings. The van der Waals surface area contributed by atoms with Gasteiger partial charge in [-0.25, -0.2) is 0 Å². The van der Waals surface area contributed by atoms with Gasteiger partial charge in [0.05, 0.1) is 33.4 Å². The standard InChI is InChI=1S/C110H83BN4/c1-109(2,3)84-66-88(76-40-23-11-24-41-76)107(89(67-84)77-42-25-12-26-43-77)114-102-48-31-49-103-106(102)111(96-56-54-86(70-104(96)114)112-98-58-50-80(72-32-15-7-16-33-72)62-92(98)93-63-81(51-59-99(93)112)73-34-17-8-18-35-73)97-57-55-87(71-105(97)115(103)108-90(78-44-27-13-28-45-78)68-85(110(4,5)6)69-91(108)79-46-29-14-30-47-79)113-100-60-52-82(74-36-19-9-20-37-74)64-94(100)95-65-83(53-61-101(95)113)75-38-21-10-22-39-75/h7-71H,1-6H3. The Bertz CT molecular complexity index is 6260. The second-order valence-electron chi connectivity index (χ2n) is 33.2. The van der Waals surface area contributed by atoms with Crippen LogP contribution in [-0.2, 0) is 10.8 Å². The summed E-state index contributed by atoms with van der Waals surface area (Å²) in [6.07, 6.45) is 0. The summed E-state index contributed by atoms with van der Waals surface area (Å²) < 4.78 is 5.07. The van der Waals surface area contributed by atoms with Crippen LogP contribution in [0.3, 0.4) is 0 Å². The highest BCUT2D eigenvalue weighted by Crippen LogP contribution is 2.55. The first-order valence-electron chi connectivity index (χ1n) is 40.3. The summed E-state index contributed by atoms with van der Waals surface area (Å²) in [5.41, 5.74) is 37.8. The molecule has 4 nitrogen and oxygen atoms in total. The zero-order valence-corrected chi connectivity index (χ0v) is 65.4. The van der Waals surface area contributed by atoms with Gasteiger partial charge in [0.2, 0.25) is 0 Å². The first-order valence-corrected chi connectivity index (χ1v) is 40.3. The van der Waals surface area contributed by atoms with Gasteiger partial charge in [0.1, 0.15) is 0 Å². The molecule has 546 valence electrons. The lowest BCUT2D eigenvalue weighted by Gasteiger charge is -2.46. The lowest BCUT2D eigenvalue weighted by molar-refractivity contribution is 0.590. The Morgan fingerprint density at radius 2 is 0.461 bits per heavy atom. The van der Waals surface area contributed by atoms with Crippen molar-refractivity contribution >= 4 is 101 Å². The first-order chi connectivity index (χ1) is 56.3. The maximum absolute atomic E-state index is 2.70. The quantitative estimate of drug-likeness (QED) is 0.113. The Morgan fingerprint density at radius 3 is 0.713 bits per heavy atom. The summed E-state index contributed by atoms with van der Waals surface area (Å²) in [5, 5.41) is 4.79. The molecule has 0 saturated heterocycles. The van der Waals surface area contributed by atoms with Crippen LogP contribution in [-0.4, -0.2) is 15.8 Å². The molecule has 5 heteroatoms. The molecule has 0 bridgehead atoms. The number of hydrogen-bond donors (Lipinski definition) is 0. The van der Waals surface area contributed by atoms with Crippen LogP contribution in [0.4, 0.5) is 34.1 Å². The summed E-state index contributed by atoms with van der Waals surface area (Å²) in [5.74, 6) is 0. The molecule has 0 unspecified atom stereocenters. The van der Waals surface area contributed by atoms with Gasteiger partial charge >= 0.3 is 0 Å². The maximum atomic E-state index is 2.70. The molecule has 0 amide bonds. The molecule has 19 aromatic rings. The molecule has 0 fully saturated rings. The molecule has 21 rings (SSSR count). The van der Waals surface area contributed by atoms with E-state index >= 15 is 0 Å². The van der Waals surface area contributed by atoms with Crippen molar-refractivity contribution in [3.8, 4) is 100 Å². The van der Waals surface area contributed by atoms with Crippen molar-refractivity contribution in [2.75, 3.05) is 9.80 Å². The molecule has 0 atom stereocenters. The molecule has 115 heavy (non-hydrogen) atoms. The van der Waals surface area contributed by atoms with E-state index in [2.05, 4.69) is 455 Å². The van der Waals surface area contributed by atoms with Gasteiger partial charge in [-0.15, -0.1) is 0 Å². The summed E-state index contributed by atoms with van der Waals surface area (Å²) in [6, 6.07) is 149. The van der Waals surface area contributed by atoms with E-state index in [0.29, 0.717) is 0 Å². The third kappa shape index (κ3) is 11.7. The second-order valence-corrected chi connectivity index (χ2v) is 33.2. The molecule has 17 aromatic carbocycles. The minimum Gasteiger partial charge on any atom is -0.310 e. The van der Waals surface area contributed by atoms with Crippen LogP contribution in [0.2, 0.25) is 0 Å². The van der Waals surface area contributed by atoms with Crippen LogP contribution < -0.4 is 26.2 Å². The van der Waals surface area contributed by atoms with E-state index in [1.54, 1.807) is 0 Å². The average molecular weight is 1470 g/mol. The van der Waals surface area contributed by atoms with Crippen LogP contribution in [0, 0.1) is 0 Å². The topological polar surface area (TPSA) is 16.3 Å². The second kappa shape index (κ2) is 27.4. The average Bonchev–Trinajstić information content (AvgIpc) is 0.830. The molecular weight excluding hydrogens is 1390 g/mol. The van der Waals surface area contributed by atoms with E-state index in [4.69, 9.17) is 0 Å². The van der Waals surface area contributed by atoms with E-state index < -0.39 is 0 Å². The van der Waals surface area contributed by atoms with Crippen molar-refractivity contribution in [3.05, 3.63) is 405 Å². The van der Waals surface area contributed by atoms with Gasteiger partial charge in [-0.3, -0.25) is 0 Å². The van der Waals surface area contributed by atoms with Crippen molar-refractivity contribution in [1.82, 2.24) is 9.13 Å². The number of aromatic nitrogens is 2. The number of benzene rings is 17. The normalized spacial score (nSPS) is 12.6. The number of hydrogen-bond acceptors (Lipinski definition) is 2. The highest BCUT2D eigenvalue weighted by Gasteiger charge is 2.46. The molecule has 0 spiro atoms. The van der Waals surface area contributed by atoms with E-state index in [9.17, 15) is 0 Å². The van der Waals surface area contributed by atoms with Gasteiger partial charge in [0.25, 0.3) is 6.71 Å². The van der Waals surface area contributed by atoms with Gasteiger partial charge in [0, 0.05) is 77.9 Å². The summed E-state index contributed by atoms with van der Waals surface area (Å²) in [6.45, 7) is 13.9. The molecule has 2 aromatic heterocycles. The van der Waals surface area contributed by atoms with Gasteiger partial charge in [-0.1, -0.05) is 327 Å². The summed E-state index contributed by atoms with van der Waals surface area (Å²) in [4.78, 5) is 5.39. The maximum Gasteiger partial charge on any atom is 0.252 e. The van der Waals surface area contributed by atoms with Gasteiger partial charge in [-0.2, -0.15) is 0 Å². The molecule has 0 radical (unpaired) electrons. The molecule has 4 heterocycles. The SMILES string of the molecule is CC(C)(C)c1cc(-c2ccccc2)c(N2c3cc(-n4c5ccc(-c6ccccc6)cc5c5cc(-c6ccccc6)ccc54)ccc3B3c4ccc(-n5c6ccc(-c7ccccc7)cc6c6cc(-c7ccccc7)ccc65)cc4N(c4c(-c5ccccc5)cc(C(C)(C)C)cc4-c4ccccc4)c4cccc2c43)c(-c2ccccc2)c1. The Kier molecular flexibility index (Phi) is 16.5. The number of fused-ring (bicyclic) bond motifs is 10. The van der Waals surface area contributed by atoms with Crippen LogP contribution in [0.5, 0.6) is 0 Å². The lowest BCUT2D eigenvalue weighted by Crippen LogP contribution is -2.61. The van der Waals surface area contributed by atoms with Crippen LogP contribution >= 0.6 is 0 Å². The first kappa shape index (κ1) is 69.0. The predicted octanol–water partition coefficient (Wildman–Crippen LogP) is 27.9. The zero-order valence-electron chi connectivity index (χ0n) is 65.4. The fourth-order valence-electron chi connectivity index (χ4n) is 18.5. The van der Waals surface area contributed by atoms with Gasteiger partial charge < -0.3 is 18.9 Å². The lowest BCUT2D eigenvalue weighted by atomic mass is 9.33. The summed E-state index contributed by atoms with van der Waals surface area (Å²) in [7, 11) is 0. The summed E-state index contributed by atoms with van der Waals surface area (Å²) >= 11 is 0. The van der Waals surface area contributed by atoms with Crippen LogP contribution in [0.25, 0.3) is 144 Å². The Morgan fingerprint density at radius 1 is 0.209 bits per heavy atom. The molecule has 0 N–H and O–H groups in total. The fourth-order valence-corrected chi connectivity index (χ4v) is 18.5. The minimum absolute atomic E-state index is 0.208. The van der Waals surface area contributed by atoms with Crippen molar-refractivity contribution in [2.45, 2.75) is 52.4 Å². The van der Waals surface area contributed by atoms with E-state index in [1.165, 1.54) is 93.6 Å². The van der Waals surface area contributed by atoms with Crippen molar-refractivity contribution < 1.29 is 0 Å². The highest BCUT2D eigenvalue weighted by molar-refractivity contribution is 7.00. The predicted molar refractivity (Wildman–Crippen MR) is 490 cm³/mol. The zero-order chi connectivity index (χ0) is 77.2. The van der Waals surface area contributed by atoms with E-state index in [-0.39, 0.29) is 17.5 Å². The smallest absolute Gasteiger partial charge is 0.252 e. The number of rotatable bonds is 12. The van der Waals surface area contributed by atoms with Crippen molar-refractivity contribution in [1.29, 1.82) is 0 Å². The fraction of sp³-hybridized carbons (Fsp3) is 0.0727. The van der Waals surface area contributed by atoms with Crippen LogP contribution in [0.15, 0.2) is 394 Å². The minimum atomic E-state index is -0.268. The monoisotopic (exact) mass is 1470 g/mol. The van der Waals surface area contributed by atoms with Gasteiger partial charge in [-0.05, 0) is 214 Å². The van der Waals surface area contributed by atoms with Gasteiger partial charge in [0.15, 0.2) is 0 Å². The third-order valence-electron chi connectivity index (χ3n) is 24.2. The van der Waals surface area contributed by atoms with E-state index in [0.717, 1.165) is 112 Å². The Balaban J connectivity index is 0.894. The number of nitrogens with zero attached hydrogens (tertiary/aromatic N) is 4. The third-order valence-corrected chi connectivity index (χ3v) is 24.2.